The number of unbranched alkanes of at least 4 members (excludes halogenated alkanes) is 1. The minimum Gasteiger partial charge on any atom is -0.481 e. The summed E-state index contributed by atoms with van der Waals surface area (Å²) >= 11 is 0. The van der Waals surface area contributed by atoms with Crippen molar-refractivity contribution in [1.82, 2.24) is 16.0 Å². The largest absolute Gasteiger partial charge is 0.481 e. The highest BCUT2D eigenvalue weighted by atomic mass is 16.4. The number of carboxylic acids is 3. The molecule has 12 N–H and O–H groups in total. The number of rotatable bonds is 20. The fraction of sp³-hybridized carbons (Fsp3) is 0.667. The third-order valence-corrected chi connectivity index (χ3v) is 5.16. The lowest BCUT2D eigenvalue weighted by atomic mass is 10.0. The summed E-state index contributed by atoms with van der Waals surface area (Å²) in [7, 11) is 0. The number of hydrogen-bond acceptors (Lipinski definition) is 9. The van der Waals surface area contributed by atoms with Crippen LogP contribution in [-0.2, 0) is 33.6 Å². The first-order chi connectivity index (χ1) is 17.3. The van der Waals surface area contributed by atoms with Crippen molar-refractivity contribution in [3.05, 3.63) is 0 Å². The lowest BCUT2D eigenvalue weighted by molar-refractivity contribution is -0.143. The van der Waals surface area contributed by atoms with E-state index in [0.29, 0.717) is 12.8 Å². The van der Waals surface area contributed by atoms with Crippen LogP contribution in [-0.4, -0.2) is 87.6 Å². The normalized spacial score (nSPS) is 13.9. The molecule has 0 aliphatic rings. The number of nitrogens with one attached hydrogen (secondary N) is 3. The van der Waals surface area contributed by atoms with E-state index in [1.807, 2.05) is 0 Å². The van der Waals surface area contributed by atoms with Crippen molar-refractivity contribution in [2.24, 2.45) is 17.2 Å². The van der Waals surface area contributed by atoms with Crippen molar-refractivity contribution in [2.45, 2.75) is 82.0 Å². The van der Waals surface area contributed by atoms with Gasteiger partial charge in [-0.2, -0.15) is 0 Å². The Balaban J connectivity index is 5.58. The van der Waals surface area contributed by atoms with Crippen LogP contribution in [0.5, 0.6) is 0 Å². The van der Waals surface area contributed by atoms with Gasteiger partial charge in [-0.25, -0.2) is 4.79 Å². The van der Waals surface area contributed by atoms with Crippen molar-refractivity contribution in [2.75, 3.05) is 6.54 Å². The topological polar surface area (TPSA) is 294 Å². The number of amides is 4. The predicted molar refractivity (Wildman–Crippen MR) is 126 cm³/mol. The molecule has 0 heterocycles. The molecule has 0 saturated carbocycles. The summed E-state index contributed by atoms with van der Waals surface area (Å²) in [6, 6.07) is -5.45. The minimum absolute atomic E-state index is 0.0364. The minimum atomic E-state index is -1.53. The Bertz CT molecular complexity index is 837. The molecule has 4 amide bonds. The highest BCUT2D eigenvalue weighted by Gasteiger charge is 2.30. The number of aliphatic carboxylic acids is 3. The SMILES string of the molecule is NCCCCC(NC(=O)C(CCC(N)=O)NC(=O)C(N)CCC(=O)O)C(=O)NC(CCC(=O)O)C(=O)O. The fourth-order valence-corrected chi connectivity index (χ4v) is 3.08. The Morgan fingerprint density at radius 2 is 1.08 bits per heavy atom. The van der Waals surface area contributed by atoms with Crippen LogP contribution in [0, 0.1) is 0 Å². The van der Waals surface area contributed by atoms with Crippen LogP contribution >= 0.6 is 0 Å². The quantitative estimate of drug-likeness (QED) is 0.0708. The molecule has 0 spiro atoms. The second-order valence-electron chi connectivity index (χ2n) is 8.28. The van der Waals surface area contributed by atoms with Crippen LogP contribution in [0.15, 0.2) is 0 Å². The maximum Gasteiger partial charge on any atom is 0.326 e. The highest BCUT2D eigenvalue weighted by molar-refractivity contribution is 5.94. The zero-order valence-corrected chi connectivity index (χ0v) is 20.3. The summed E-state index contributed by atoms with van der Waals surface area (Å²) in [5, 5.41) is 33.7. The van der Waals surface area contributed by atoms with Gasteiger partial charge in [0.2, 0.25) is 23.6 Å². The van der Waals surface area contributed by atoms with Gasteiger partial charge < -0.3 is 48.5 Å². The van der Waals surface area contributed by atoms with E-state index in [-0.39, 0.29) is 32.2 Å². The van der Waals surface area contributed by atoms with E-state index < -0.39 is 85.0 Å². The van der Waals surface area contributed by atoms with E-state index in [2.05, 4.69) is 16.0 Å². The molecule has 16 heteroatoms. The van der Waals surface area contributed by atoms with Crippen molar-refractivity contribution in [3.8, 4) is 0 Å². The molecule has 37 heavy (non-hydrogen) atoms. The zero-order valence-electron chi connectivity index (χ0n) is 20.3. The molecule has 16 nitrogen and oxygen atoms in total. The Morgan fingerprint density at radius 1 is 0.622 bits per heavy atom. The molecule has 4 atom stereocenters. The summed E-state index contributed by atoms with van der Waals surface area (Å²) in [5.41, 5.74) is 16.3. The van der Waals surface area contributed by atoms with Gasteiger partial charge in [-0.3, -0.25) is 28.8 Å². The molecule has 0 saturated heterocycles. The van der Waals surface area contributed by atoms with Gasteiger partial charge in [0.1, 0.15) is 18.1 Å². The van der Waals surface area contributed by atoms with Crippen molar-refractivity contribution in [3.63, 3.8) is 0 Å². The molecule has 0 bridgehead atoms. The number of nitrogens with two attached hydrogens (primary N) is 3. The van der Waals surface area contributed by atoms with Crippen LogP contribution in [0.4, 0.5) is 0 Å². The molecule has 4 unspecified atom stereocenters. The molecular weight excluding hydrogens is 496 g/mol. The van der Waals surface area contributed by atoms with Gasteiger partial charge in [-0.05, 0) is 45.1 Å². The molecule has 0 aromatic heterocycles. The lowest BCUT2D eigenvalue weighted by Gasteiger charge is -2.25. The number of carboxylic acid groups (broad SMARTS) is 3. The first-order valence-electron chi connectivity index (χ1n) is 11.6. The number of carbonyl (C=O) groups excluding carboxylic acids is 4. The third kappa shape index (κ3) is 15.0. The second-order valence-corrected chi connectivity index (χ2v) is 8.28. The van der Waals surface area contributed by atoms with E-state index in [0.717, 1.165) is 0 Å². The summed E-state index contributed by atoms with van der Waals surface area (Å²) in [6.45, 7) is 0.282. The van der Waals surface area contributed by atoms with Gasteiger partial charge in [-0.1, -0.05) is 0 Å². The summed E-state index contributed by atoms with van der Waals surface area (Å²) in [6.07, 6.45) is -1.24. The molecule has 0 aliphatic carbocycles. The first-order valence-corrected chi connectivity index (χ1v) is 11.6. The Labute approximate surface area is 212 Å². The van der Waals surface area contributed by atoms with Gasteiger partial charge in [0.15, 0.2) is 0 Å². The van der Waals surface area contributed by atoms with Gasteiger partial charge >= 0.3 is 17.9 Å². The van der Waals surface area contributed by atoms with Gasteiger partial charge in [0.25, 0.3) is 0 Å². The molecule has 0 aliphatic heterocycles. The summed E-state index contributed by atoms with van der Waals surface area (Å²) < 4.78 is 0. The standard InChI is InChI=1S/C21H36N6O10/c22-10-2-1-3-12(19(34)27-14(21(36)37)6-9-17(31)32)26-20(35)13(5-7-15(24)28)25-18(33)11(23)4-8-16(29)30/h11-14H,1-10,22-23H2,(H2,24,28)(H,25,33)(H,26,35)(H,27,34)(H,29,30)(H,31,32)(H,36,37). The van der Waals surface area contributed by atoms with E-state index in [4.69, 9.17) is 27.4 Å². The molecular formula is C21H36N6O10. The summed E-state index contributed by atoms with van der Waals surface area (Å²) in [4.78, 5) is 82.3. The first kappa shape index (κ1) is 33.2. The number of hydrogen-bond donors (Lipinski definition) is 9. The van der Waals surface area contributed by atoms with Crippen LogP contribution in [0.25, 0.3) is 0 Å². The molecule has 210 valence electrons. The van der Waals surface area contributed by atoms with Crippen molar-refractivity contribution < 1.29 is 48.9 Å². The molecule has 0 fully saturated rings. The average Bonchev–Trinajstić information content (AvgIpc) is 2.81. The lowest BCUT2D eigenvalue weighted by Crippen LogP contribution is -2.57. The van der Waals surface area contributed by atoms with Gasteiger partial charge in [0, 0.05) is 19.3 Å². The molecule has 0 aromatic rings. The van der Waals surface area contributed by atoms with E-state index in [1.54, 1.807) is 0 Å². The maximum absolute atomic E-state index is 13.0. The van der Waals surface area contributed by atoms with Crippen LogP contribution in [0.3, 0.4) is 0 Å². The average molecular weight is 533 g/mol. The molecule has 0 aromatic carbocycles. The fourth-order valence-electron chi connectivity index (χ4n) is 3.08. The maximum atomic E-state index is 13.0. The monoisotopic (exact) mass is 532 g/mol. The van der Waals surface area contributed by atoms with E-state index >= 15 is 0 Å². The van der Waals surface area contributed by atoms with Gasteiger partial charge in [-0.15, -0.1) is 0 Å². The predicted octanol–water partition coefficient (Wildman–Crippen LogP) is -3.02. The molecule has 0 rings (SSSR count). The zero-order chi connectivity index (χ0) is 28.5. The van der Waals surface area contributed by atoms with Crippen LogP contribution in [0.2, 0.25) is 0 Å². The second kappa shape index (κ2) is 17.6. The third-order valence-electron chi connectivity index (χ3n) is 5.16. The van der Waals surface area contributed by atoms with Crippen LogP contribution < -0.4 is 33.2 Å². The number of primary amides is 1. The number of carbonyl (C=O) groups is 7. The molecule has 0 radical (unpaired) electrons. The Morgan fingerprint density at radius 3 is 1.57 bits per heavy atom. The van der Waals surface area contributed by atoms with Crippen molar-refractivity contribution >= 4 is 41.5 Å². The highest BCUT2D eigenvalue weighted by Crippen LogP contribution is 2.07. The van der Waals surface area contributed by atoms with Gasteiger partial charge in [0.05, 0.1) is 6.04 Å². The van der Waals surface area contributed by atoms with Crippen molar-refractivity contribution in [1.29, 1.82) is 0 Å². The Hall–Kier alpha value is -3.79. The smallest absolute Gasteiger partial charge is 0.326 e. The summed E-state index contributed by atoms with van der Waals surface area (Å²) in [5.74, 6) is -7.35. The van der Waals surface area contributed by atoms with E-state index in [9.17, 15) is 38.7 Å². The van der Waals surface area contributed by atoms with E-state index in [1.165, 1.54) is 0 Å². The van der Waals surface area contributed by atoms with Crippen LogP contribution in [0.1, 0.15) is 57.8 Å². The Kier molecular flexibility index (Phi) is 15.8.